The van der Waals surface area contributed by atoms with E-state index in [-0.39, 0.29) is 10.9 Å². The molecule has 3 nitrogen and oxygen atoms in total. The summed E-state index contributed by atoms with van der Waals surface area (Å²) >= 11 is 1.29. The highest BCUT2D eigenvalue weighted by molar-refractivity contribution is 8.00. The number of nitro groups is 1. The van der Waals surface area contributed by atoms with Crippen LogP contribution in [0.5, 0.6) is 0 Å². The number of halogens is 1. The van der Waals surface area contributed by atoms with E-state index in [1.807, 2.05) is 13.8 Å². The van der Waals surface area contributed by atoms with Gasteiger partial charge in [-0.05, 0) is 12.1 Å². The molecule has 0 radical (unpaired) electrons. The highest BCUT2D eigenvalue weighted by atomic mass is 32.2. The normalized spacial score (nSPS) is 10.6. The van der Waals surface area contributed by atoms with Crippen LogP contribution in [0.4, 0.5) is 10.1 Å². The Kier molecular flexibility index (Phi) is 3.46. The second-order valence-electron chi connectivity index (χ2n) is 3.04. The SMILES string of the molecule is CC(C)Sc1cc(F)ccc1[N+](=O)[O-]. The summed E-state index contributed by atoms with van der Waals surface area (Å²) in [5.41, 5.74) is -0.0369. The first-order valence-electron chi connectivity index (χ1n) is 4.11. The van der Waals surface area contributed by atoms with E-state index in [9.17, 15) is 14.5 Å². The van der Waals surface area contributed by atoms with Gasteiger partial charge in [0.1, 0.15) is 5.82 Å². The standard InChI is InChI=1S/C9H10FNO2S/c1-6(2)14-9-5-7(10)3-4-8(9)11(12)13/h3-6H,1-2H3. The number of nitrogens with zero attached hydrogens (tertiary/aromatic N) is 1. The second-order valence-corrected chi connectivity index (χ2v) is 4.65. The lowest BCUT2D eigenvalue weighted by Gasteiger charge is -2.05. The molecule has 5 heteroatoms. The van der Waals surface area contributed by atoms with Crippen LogP contribution in [0.15, 0.2) is 23.1 Å². The summed E-state index contributed by atoms with van der Waals surface area (Å²) < 4.78 is 12.8. The van der Waals surface area contributed by atoms with Crippen molar-refractivity contribution in [2.75, 3.05) is 0 Å². The van der Waals surface area contributed by atoms with Crippen LogP contribution in [0.1, 0.15) is 13.8 Å². The molecule has 0 spiro atoms. The predicted octanol–water partition coefficient (Wildman–Crippen LogP) is 3.23. The Morgan fingerprint density at radius 3 is 2.64 bits per heavy atom. The molecule has 0 N–H and O–H groups in total. The summed E-state index contributed by atoms with van der Waals surface area (Å²) in [5, 5.41) is 10.8. The molecule has 1 aromatic rings. The molecule has 1 aromatic carbocycles. The van der Waals surface area contributed by atoms with Gasteiger partial charge in [0.05, 0.1) is 9.82 Å². The number of thioether (sulfide) groups is 1. The Morgan fingerprint density at radius 1 is 1.50 bits per heavy atom. The average molecular weight is 215 g/mol. The van der Waals surface area contributed by atoms with Gasteiger partial charge in [-0.25, -0.2) is 4.39 Å². The lowest BCUT2D eigenvalue weighted by atomic mass is 10.3. The van der Waals surface area contributed by atoms with E-state index in [1.165, 1.54) is 23.9 Å². The van der Waals surface area contributed by atoms with Crippen LogP contribution >= 0.6 is 11.8 Å². The minimum atomic E-state index is -0.496. The van der Waals surface area contributed by atoms with Gasteiger partial charge in [0.2, 0.25) is 0 Å². The molecule has 0 fully saturated rings. The first-order valence-corrected chi connectivity index (χ1v) is 4.99. The van der Waals surface area contributed by atoms with Crippen LogP contribution in [0.25, 0.3) is 0 Å². The molecule has 0 saturated carbocycles. The second kappa shape index (κ2) is 4.41. The van der Waals surface area contributed by atoms with E-state index in [4.69, 9.17) is 0 Å². The zero-order valence-electron chi connectivity index (χ0n) is 7.86. The van der Waals surface area contributed by atoms with Crippen molar-refractivity contribution >= 4 is 17.4 Å². The lowest BCUT2D eigenvalue weighted by Crippen LogP contribution is -1.94. The Labute approximate surface area is 85.5 Å². The first-order chi connectivity index (χ1) is 6.50. The van der Waals surface area contributed by atoms with E-state index >= 15 is 0 Å². The monoisotopic (exact) mass is 215 g/mol. The summed E-state index contributed by atoms with van der Waals surface area (Å²) in [5.74, 6) is -0.446. The molecule has 0 aliphatic heterocycles. The summed E-state index contributed by atoms with van der Waals surface area (Å²) in [6.07, 6.45) is 0. The molecule has 0 aliphatic carbocycles. The Bertz CT molecular complexity index is 355. The predicted molar refractivity (Wildman–Crippen MR) is 54.0 cm³/mol. The zero-order chi connectivity index (χ0) is 10.7. The molecular formula is C9H10FNO2S. The van der Waals surface area contributed by atoms with Gasteiger partial charge >= 0.3 is 0 Å². The van der Waals surface area contributed by atoms with Gasteiger partial charge in [-0.15, -0.1) is 11.8 Å². The fourth-order valence-electron chi connectivity index (χ4n) is 0.987. The largest absolute Gasteiger partial charge is 0.283 e. The highest BCUT2D eigenvalue weighted by Crippen LogP contribution is 2.32. The highest BCUT2D eigenvalue weighted by Gasteiger charge is 2.15. The summed E-state index contributed by atoms with van der Waals surface area (Å²) in [6, 6.07) is 3.49. The van der Waals surface area contributed by atoms with Gasteiger partial charge in [-0.3, -0.25) is 10.1 Å². The van der Waals surface area contributed by atoms with Crippen LogP contribution in [0.2, 0.25) is 0 Å². The maximum absolute atomic E-state index is 12.8. The summed E-state index contributed by atoms with van der Waals surface area (Å²) in [6.45, 7) is 3.80. The Morgan fingerprint density at radius 2 is 2.14 bits per heavy atom. The van der Waals surface area contributed by atoms with E-state index < -0.39 is 10.7 Å². The fraction of sp³-hybridized carbons (Fsp3) is 0.333. The maximum atomic E-state index is 12.8. The van der Waals surface area contributed by atoms with Crippen molar-refractivity contribution in [1.82, 2.24) is 0 Å². The van der Waals surface area contributed by atoms with Crippen molar-refractivity contribution in [3.63, 3.8) is 0 Å². The molecule has 0 aromatic heterocycles. The molecule has 0 saturated heterocycles. The molecule has 0 bridgehead atoms. The van der Waals surface area contributed by atoms with E-state index in [1.54, 1.807) is 0 Å². The van der Waals surface area contributed by atoms with Crippen LogP contribution in [0.3, 0.4) is 0 Å². The molecule has 0 aliphatic rings. The van der Waals surface area contributed by atoms with Crippen molar-refractivity contribution in [2.24, 2.45) is 0 Å². The van der Waals surface area contributed by atoms with Crippen LogP contribution < -0.4 is 0 Å². The van der Waals surface area contributed by atoms with Gasteiger partial charge in [0, 0.05) is 11.3 Å². The van der Waals surface area contributed by atoms with Crippen molar-refractivity contribution < 1.29 is 9.31 Å². The van der Waals surface area contributed by atoms with E-state index in [2.05, 4.69) is 0 Å². The third-order valence-electron chi connectivity index (χ3n) is 1.48. The molecule has 76 valence electrons. The Hall–Kier alpha value is -1.10. The third kappa shape index (κ3) is 2.70. The van der Waals surface area contributed by atoms with E-state index in [0.29, 0.717) is 4.90 Å². The first kappa shape index (κ1) is 11.0. The molecule has 1 rings (SSSR count). The van der Waals surface area contributed by atoms with Crippen molar-refractivity contribution in [3.8, 4) is 0 Å². The summed E-state index contributed by atoms with van der Waals surface area (Å²) in [4.78, 5) is 10.5. The molecule has 0 atom stereocenters. The van der Waals surface area contributed by atoms with Crippen molar-refractivity contribution in [2.45, 2.75) is 24.0 Å². The number of rotatable bonds is 3. The number of nitro benzene ring substituents is 1. The molecular weight excluding hydrogens is 205 g/mol. The van der Waals surface area contributed by atoms with Crippen molar-refractivity contribution in [3.05, 3.63) is 34.1 Å². The molecule has 14 heavy (non-hydrogen) atoms. The van der Waals surface area contributed by atoms with Crippen LogP contribution in [0, 0.1) is 15.9 Å². The molecule has 0 heterocycles. The number of benzene rings is 1. The van der Waals surface area contributed by atoms with Crippen molar-refractivity contribution in [1.29, 1.82) is 0 Å². The van der Waals surface area contributed by atoms with Gasteiger partial charge in [-0.1, -0.05) is 13.8 Å². The number of hydrogen-bond acceptors (Lipinski definition) is 3. The lowest BCUT2D eigenvalue weighted by molar-refractivity contribution is -0.387. The average Bonchev–Trinajstić information content (AvgIpc) is 2.01. The zero-order valence-corrected chi connectivity index (χ0v) is 8.68. The van der Waals surface area contributed by atoms with Gasteiger partial charge in [-0.2, -0.15) is 0 Å². The summed E-state index contributed by atoms with van der Waals surface area (Å²) in [7, 11) is 0. The Balaban J connectivity index is 3.09. The molecule has 0 amide bonds. The van der Waals surface area contributed by atoms with Gasteiger partial charge in [0.15, 0.2) is 0 Å². The van der Waals surface area contributed by atoms with Crippen LogP contribution in [-0.2, 0) is 0 Å². The quantitative estimate of drug-likeness (QED) is 0.441. The number of hydrogen-bond donors (Lipinski definition) is 0. The van der Waals surface area contributed by atoms with Gasteiger partial charge in [0.25, 0.3) is 5.69 Å². The molecule has 0 unspecified atom stereocenters. The minimum absolute atomic E-state index is 0.0369. The maximum Gasteiger partial charge on any atom is 0.283 e. The smallest absolute Gasteiger partial charge is 0.258 e. The van der Waals surface area contributed by atoms with Gasteiger partial charge < -0.3 is 0 Å². The minimum Gasteiger partial charge on any atom is -0.258 e. The third-order valence-corrected chi connectivity index (χ3v) is 2.53. The topological polar surface area (TPSA) is 43.1 Å². The van der Waals surface area contributed by atoms with E-state index in [0.717, 1.165) is 6.07 Å². The fourth-order valence-corrected chi connectivity index (χ4v) is 1.94. The van der Waals surface area contributed by atoms with Crippen LogP contribution in [-0.4, -0.2) is 10.2 Å².